The molecule has 2 heterocycles. The van der Waals surface area contributed by atoms with Gasteiger partial charge in [-0.2, -0.15) is 0 Å². The number of thiazole rings is 1. The van der Waals surface area contributed by atoms with Crippen molar-refractivity contribution >= 4 is 23.4 Å². The maximum atomic E-state index is 13.7. The number of aromatic nitrogens is 1. The Hall–Kier alpha value is -4.05. The van der Waals surface area contributed by atoms with Gasteiger partial charge in [0.15, 0.2) is 27.8 Å². The molecule has 188 valence electrons. The number of hydrogen-bond acceptors (Lipinski definition) is 9. The Labute approximate surface area is 211 Å². The average molecular weight is 511 g/mol. The summed E-state index contributed by atoms with van der Waals surface area (Å²) in [5.74, 6) is 0.732. The van der Waals surface area contributed by atoms with Gasteiger partial charge in [-0.15, -0.1) is 0 Å². The molecular formula is C26H26N2O7S. The number of rotatable bonds is 7. The van der Waals surface area contributed by atoms with Gasteiger partial charge in [0.1, 0.15) is 0 Å². The number of methoxy groups -OCH3 is 3. The summed E-state index contributed by atoms with van der Waals surface area (Å²) < 4.78 is 23.2. The first-order valence-corrected chi connectivity index (χ1v) is 11.9. The molecule has 3 aromatic rings. The maximum absolute atomic E-state index is 13.7. The van der Waals surface area contributed by atoms with Crippen molar-refractivity contribution < 1.29 is 28.8 Å². The highest BCUT2D eigenvalue weighted by atomic mass is 32.1. The van der Waals surface area contributed by atoms with Gasteiger partial charge in [0, 0.05) is 0 Å². The first-order chi connectivity index (χ1) is 17.3. The molecule has 0 saturated carbocycles. The van der Waals surface area contributed by atoms with Gasteiger partial charge in [-0.25, -0.2) is 9.79 Å². The highest BCUT2D eigenvalue weighted by Crippen LogP contribution is 2.36. The van der Waals surface area contributed by atoms with Gasteiger partial charge in [-0.1, -0.05) is 23.5 Å². The molecule has 4 rings (SSSR count). The van der Waals surface area contributed by atoms with Crippen molar-refractivity contribution in [1.82, 2.24) is 4.57 Å². The summed E-state index contributed by atoms with van der Waals surface area (Å²) in [6, 6.07) is 9.28. The fourth-order valence-corrected chi connectivity index (χ4v) is 5.11. The fourth-order valence-electron chi connectivity index (χ4n) is 4.07. The monoisotopic (exact) mass is 510 g/mol. The highest BCUT2D eigenvalue weighted by molar-refractivity contribution is 7.07. The van der Waals surface area contributed by atoms with Crippen molar-refractivity contribution in [2.24, 2.45) is 4.99 Å². The van der Waals surface area contributed by atoms with Crippen molar-refractivity contribution in [2.75, 3.05) is 27.9 Å². The molecular weight excluding hydrogens is 484 g/mol. The molecule has 0 amide bonds. The molecule has 0 aliphatic carbocycles. The third-order valence-corrected chi connectivity index (χ3v) is 6.72. The molecule has 0 spiro atoms. The van der Waals surface area contributed by atoms with Crippen molar-refractivity contribution in [3.8, 4) is 23.0 Å². The number of carbonyl (C=O) groups is 1. The molecule has 0 saturated heterocycles. The Morgan fingerprint density at radius 2 is 1.81 bits per heavy atom. The van der Waals surface area contributed by atoms with E-state index in [1.165, 1.54) is 43.3 Å². The highest BCUT2D eigenvalue weighted by Gasteiger charge is 2.33. The van der Waals surface area contributed by atoms with Crippen LogP contribution < -0.4 is 29.1 Å². The van der Waals surface area contributed by atoms with E-state index in [9.17, 15) is 14.7 Å². The van der Waals surface area contributed by atoms with Crippen LogP contribution in [-0.2, 0) is 9.53 Å². The largest absolute Gasteiger partial charge is 0.504 e. The van der Waals surface area contributed by atoms with Gasteiger partial charge in [0.05, 0.1) is 49.8 Å². The first-order valence-electron chi connectivity index (χ1n) is 11.1. The molecule has 0 unspecified atom stereocenters. The molecule has 0 bridgehead atoms. The van der Waals surface area contributed by atoms with Crippen LogP contribution in [0.2, 0.25) is 0 Å². The van der Waals surface area contributed by atoms with E-state index < -0.39 is 12.0 Å². The van der Waals surface area contributed by atoms with Crippen LogP contribution in [-0.4, -0.2) is 43.6 Å². The van der Waals surface area contributed by atoms with E-state index in [0.717, 1.165) is 0 Å². The molecule has 1 N–H and O–H groups in total. The predicted molar refractivity (Wildman–Crippen MR) is 135 cm³/mol. The first kappa shape index (κ1) is 25.1. The van der Waals surface area contributed by atoms with Crippen LogP contribution in [0.4, 0.5) is 0 Å². The summed E-state index contributed by atoms with van der Waals surface area (Å²) in [6.07, 6.45) is 1.70. The second kappa shape index (κ2) is 10.3. The molecule has 0 radical (unpaired) electrons. The van der Waals surface area contributed by atoms with Gasteiger partial charge in [-0.3, -0.25) is 9.36 Å². The lowest BCUT2D eigenvalue weighted by atomic mass is 9.95. The summed E-state index contributed by atoms with van der Waals surface area (Å²) in [7, 11) is 4.51. The van der Waals surface area contributed by atoms with E-state index in [4.69, 9.17) is 18.9 Å². The third kappa shape index (κ3) is 4.47. The van der Waals surface area contributed by atoms with Crippen LogP contribution in [0, 0.1) is 0 Å². The number of esters is 1. The number of phenolic OH excluding ortho intramolecular Hbond substituents is 1. The van der Waals surface area contributed by atoms with Crippen LogP contribution in [0.25, 0.3) is 6.08 Å². The Balaban J connectivity index is 1.96. The van der Waals surface area contributed by atoms with Crippen LogP contribution in [0.15, 0.2) is 57.5 Å². The van der Waals surface area contributed by atoms with E-state index in [0.29, 0.717) is 43.4 Å². The van der Waals surface area contributed by atoms with Gasteiger partial charge in [0.25, 0.3) is 5.56 Å². The fraction of sp³-hybridized carbons (Fsp3) is 0.269. The number of carbonyl (C=O) groups excluding carboxylic acids is 1. The summed E-state index contributed by atoms with van der Waals surface area (Å²) in [4.78, 5) is 31.8. The molecule has 1 aliphatic rings. The Bertz CT molecular complexity index is 1530. The lowest BCUT2D eigenvalue weighted by molar-refractivity contribution is -0.139. The topological polar surface area (TPSA) is 109 Å². The smallest absolute Gasteiger partial charge is 0.338 e. The van der Waals surface area contributed by atoms with E-state index in [1.807, 2.05) is 0 Å². The summed E-state index contributed by atoms with van der Waals surface area (Å²) in [6.45, 7) is 3.63. The van der Waals surface area contributed by atoms with E-state index in [1.54, 1.807) is 50.3 Å². The molecule has 0 fully saturated rings. The molecule has 2 aromatic carbocycles. The van der Waals surface area contributed by atoms with Gasteiger partial charge in [0.2, 0.25) is 0 Å². The molecule has 9 nitrogen and oxygen atoms in total. The van der Waals surface area contributed by atoms with Crippen LogP contribution in [0.1, 0.15) is 31.0 Å². The van der Waals surface area contributed by atoms with Crippen LogP contribution in [0.3, 0.4) is 0 Å². The summed E-state index contributed by atoms with van der Waals surface area (Å²) >= 11 is 1.20. The zero-order valence-electron chi connectivity index (χ0n) is 20.5. The molecule has 1 atom stereocenters. The standard InChI is InChI=1S/C26H26N2O7S/c1-6-35-25(31)22-14(2)27-26-28(23(22)16-8-10-18(32-3)20(13-16)34-5)24(30)21(36-26)12-15-7-9-17(29)19(11-15)33-4/h7-13,23,29H,6H2,1-5H3/b21-12-/t23-/m1/s1. The number of allylic oxidation sites excluding steroid dienone is 1. The summed E-state index contributed by atoms with van der Waals surface area (Å²) in [5.41, 5.74) is 1.73. The lowest BCUT2D eigenvalue weighted by Crippen LogP contribution is -2.39. The number of ether oxygens (including phenoxy) is 4. The number of phenols is 1. The van der Waals surface area contributed by atoms with Crippen LogP contribution >= 0.6 is 11.3 Å². The maximum Gasteiger partial charge on any atom is 0.338 e. The minimum Gasteiger partial charge on any atom is -0.504 e. The molecule has 1 aromatic heterocycles. The van der Waals surface area contributed by atoms with Gasteiger partial charge < -0.3 is 24.1 Å². The van der Waals surface area contributed by atoms with Crippen molar-refractivity contribution in [1.29, 1.82) is 0 Å². The second-order valence-corrected chi connectivity index (χ2v) is 8.86. The number of hydrogen-bond donors (Lipinski definition) is 1. The van der Waals surface area contributed by atoms with Gasteiger partial charge >= 0.3 is 5.97 Å². The molecule has 36 heavy (non-hydrogen) atoms. The number of benzene rings is 2. The summed E-state index contributed by atoms with van der Waals surface area (Å²) in [5, 5.41) is 9.90. The molecule has 10 heteroatoms. The van der Waals surface area contributed by atoms with Crippen molar-refractivity contribution in [3.05, 3.63) is 78.5 Å². The normalized spacial score (nSPS) is 15.2. The number of nitrogens with zero attached hydrogens (tertiary/aromatic N) is 2. The van der Waals surface area contributed by atoms with E-state index >= 15 is 0 Å². The SMILES string of the molecule is CCOC(=O)C1=C(C)N=c2s/c(=C\c3ccc(O)c(OC)c3)c(=O)n2[C@@H]1c1ccc(OC)c(OC)c1. The third-order valence-electron chi connectivity index (χ3n) is 5.74. The van der Waals surface area contributed by atoms with E-state index in [2.05, 4.69) is 4.99 Å². The minimum atomic E-state index is -0.781. The van der Waals surface area contributed by atoms with Gasteiger partial charge in [-0.05, 0) is 55.3 Å². The Kier molecular flexibility index (Phi) is 7.16. The molecule has 1 aliphatic heterocycles. The van der Waals surface area contributed by atoms with Crippen LogP contribution in [0.5, 0.6) is 23.0 Å². The van der Waals surface area contributed by atoms with Crippen molar-refractivity contribution in [2.45, 2.75) is 19.9 Å². The Morgan fingerprint density at radius 3 is 2.47 bits per heavy atom. The Morgan fingerprint density at radius 1 is 1.08 bits per heavy atom. The average Bonchev–Trinajstić information content (AvgIpc) is 3.18. The lowest BCUT2D eigenvalue weighted by Gasteiger charge is -2.25. The zero-order chi connectivity index (χ0) is 26.0. The zero-order valence-corrected chi connectivity index (χ0v) is 21.3. The predicted octanol–water partition coefficient (Wildman–Crippen LogP) is 2.53. The quantitative estimate of drug-likeness (QED) is 0.487. The van der Waals surface area contributed by atoms with Crippen molar-refractivity contribution in [3.63, 3.8) is 0 Å². The second-order valence-electron chi connectivity index (χ2n) is 7.85. The minimum absolute atomic E-state index is 0.000679. The number of aromatic hydroxyl groups is 1. The number of fused-ring (bicyclic) bond motifs is 1. The van der Waals surface area contributed by atoms with E-state index in [-0.39, 0.29) is 23.5 Å².